The second-order valence-electron chi connectivity index (χ2n) is 10.9. The summed E-state index contributed by atoms with van der Waals surface area (Å²) in [5, 5.41) is 17.2. The molecule has 2 N–H and O–H groups in total. The highest BCUT2D eigenvalue weighted by molar-refractivity contribution is 6.87. The van der Waals surface area contributed by atoms with E-state index in [0.29, 0.717) is 26.1 Å². The van der Waals surface area contributed by atoms with Gasteiger partial charge in [0.05, 0.1) is 25.3 Å². The Balaban J connectivity index is 3.97. The molecular weight excluding hydrogens is 512 g/mol. The van der Waals surface area contributed by atoms with E-state index in [-0.39, 0.29) is 36.9 Å². The van der Waals surface area contributed by atoms with Crippen LogP contribution in [0.1, 0.15) is 89.9 Å². The molecule has 0 heterocycles. The maximum absolute atomic E-state index is 12.3. The van der Waals surface area contributed by atoms with E-state index < -0.39 is 28.6 Å². The molecule has 0 saturated carbocycles. The molecule has 0 unspecified atom stereocenters. The van der Waals surface area contributed by atoms with E-state index in [1.165, 1.54) is 0 Å². The molecule has 0 aromatic rings. The van der Waals surface area contributed by atoms with Crippen LogP contribution in [0.25, 0.3) is 0 Å². The van der Waals surface area contributed by atoms with Crippen molar-refractivity contribution in [2.45, 2.75) is 128 Å². The van der Waals surface area contributed by atoms with Crippen LogP contribution in [0.5, 0.6) is 0 Å². The van der Waals surface area contributed by atoms with Crippen LogP contribution >= 0.6 is 0 Å². The molecule has 0 aliphatic rings. The lowest BCUT2D eigenvalue weighted by atomic mass is 10.1. The van der Waals surface area contributed by atoms with E-state index in [0.717, 1.165) is 64.2 Å². The minimum absolute atomic E-state index is 0.222. The van der Waals surface area contributed by atoms with E-state index >= 15 is 0 Å². The van der Waals surface area contributed by atoms with Gasteiger partial charge in [-0.05, 0) is 51.9 Å². The van der Waals surface area contributed by atoms with Crippen LogP contribution < -0.4 is 0 Å². The highest BCUT2D eigenvalue weighted by Crippen LogP contribution is 2.23. The molecule has 0 fully saturated rings. The van der Waals surface area contributed by atoms with Crippen LogP contribution in [0, 0.1) is 0 Å². The number of carboxylic acid groups (broad SMARTS) is 2. The number of unbranched alkanes of at least 4 members (excludes halogenated alkanes) is 10. The van der Waals surface area contributed by atoms with Gasteiger partial charge in [0.1, 0.15) is 0 Å². The Morgan fingerprint density at radius 1 is 0.514 bits per heavy atom. The van der Waals surface area contributed by atoms with Crippen molar-refractivity contribution < 1.29 is 43.0 Å². The third-order valence-corrected chi connectivity index (χ3v) is 12.5. The Bertz CT molecular complexity index is 625. The van der Waals surface area contributed by atoms with Gasteiger partial charge in [0.15, 0.2) is 16.6 Å². The van der Waals surface area contributed by atoms with Crippen molar-refractivity contribution in [1.29, 1.82) is 0 Å². The molecule has 0 spiro atoms. The molecule has 37 heavy (non-hydrogen) atoms. The standard InChI is InChI=1S/C26H50O9Si2/c1-36(2,21-25(31)33-19-15-11-7-5-9-13-17-23(27)28)35-37(3,4)22-26(32)34-20-16-12-8-6-10-14-18-24(29)30/h5-22H2,1-4H3,(H,27,28)(H,29,30). The summed E-state index contributed by atoms with van der Waals surface area (Å²) in [5.74, 6) is -2.01. The number of esters is 2. The molecular formula is C26H50O9Si2. The van der Waals surface area contributed by atoms with Crippen molar-refractivity contribution in [3.8, 4) is 0 Å². The first-order valence-corrected chi connectivity index (χ1v) is 20.0. The number of carbonyl (C=O) groups excluding carboxylic acids is 2. The van der Waals surface area contributed by atoms with Gasteiger partial charge < -0.3 is 23.8 Å². The second kappa shape index (κ2) is 20.3. The van der Waals surface area contributed by atoms with Crippen LogP contribution in [0.2, 0.25) is 38.3 Å². The van der Waals surface area contributed by atoms with E-state index in [2.05, 4.69) is 0 Å². The average molecular weight is 563 g/mol. The maximum Gasteiger partial charge on any atom is 0.305 e. The third-order valence-electron chi connectivity index (χ3n) is 5.79. The topological polar surface area (TPSA) is 136 Å². The van der Waals surface area contributed by atoms with E-state index in [1.54, 1.807) is 0 Å². The summed E-state index contributed by atoms with van der Waals surface area (Å²) in [4.78, 5) is 45.5. The monoisotopic (exact) mass is 562 g/mol. The first kappa shape index (κ1) is 35.3. The molecule has 0 saturated heterocycles. The Morgan fingerprint density at radius 2 is 0.811 bits per heavy atom. The lowest BCUT2D eigenvalue weighted by molar-refractivity contribution is -0.142. The number of carbonyl (C=O) groups is 4. The van der Waals surface area contributed by atoms with Crippen LogP contribution in [0.4, 0.5) is 0 Å². The summed E-state index contributed by atoms with van der Waals surface area (Å²) in [6.07, 6.45) is 11.2. The zero-order valence-corrected chi connectivity index (χ0v) is 25.5. The van der Waals surface area contributed by atoms with Gasteiger partial charge in [-0.15, -0.1) is 0 Å². The predicted octanol–water partition coefficient (Wildman–Crippen LogP) is 6.13. The molecule has 0 aromatic carbocycles. The first-order valence-electron chi connectivity index (χ1n) is 13.8. The average Bonchev–Trinajstić information content (AvgIpc) is 2.74. The summed E-state index contributed by atoms with van der Waals surface area (Å²) in [5.41, 5.74) is 0. The van der Waals surface area contributed by atoms with E-state index in [4.69, 9.17) is 23.8 Å². The number of rotatable bonds is 24. The van der Waals surface area contributed by atoms with Gasteiger partial charge in [0.2, 0.25) is 0 Å². The molecule has 11 heteroatoms. The van der Waals surface area contributed by atoms with Crippen molar-refractivity contribution in [3.63, 3.8) is 0 Å². The number of ether oxygens (including phenoxy) is 2. The Kier molecular flexibility index (Phi) is 19.3. The van der Waals surface area contributed by atoms with E-state index in [1.807, 2.05) is 26.2 Å². The number of aliphatic carboxylic acids is 2. The minimum Gasteiger partial charge on any atom is -0.481 e. The molecule has 0 aliphatic heterocycles. The quantitative estimate of drug-likeness (QED) is 0.0808. The van der Waals surface area contributed by atoms with Crippen LogP contribution in [0.15, 0.2) is 0 Å². The highest BCUT2D eigenvalue weighted by atomic mass is 28.4. The SMILES string of the molecule is C[Si](C)(CC(=O)OCCCCCCCCC(=O)O)O[Si](C)(C)CC(=O)OCCCCCCCCC(=O)O. The summed E-state index contributed by atoms with van der Waals surface area (Å²) in [6.45, 7) is 8.66. The van der Waals surface area contributed by atoms with Gasteiger partial charge in [0.25, 0.3) is 0 Å². The zero-order chi connectivity index (χ0) is 28.2. The van der Waals surface area contributed by atoms with Gasteiger partial charge in [-0.3, -0.25) is 19.2 Å². The lowest BCUT2D eigenvalue weighted by Gasteiger charge is -2.32. The van der Waals surface area contributed by atoms with Crippen molar-refractivity contribution in [2.24, 2.45) is 0 Å². The third kappa shape index (κ3) is 24.4. The molecule has 0 atom stereocenters. The molecule has 0 amide bonds. The van der Waals surface area contributed by atoms with Crippen molar-refractivity contribution >= 4 is 40.5 Å². The molecule has 0 radical (unpaired) electrons. The van der Waals surface area contributed by atoms with Crippen molar-refractivity contribution in [2.75, 3.05) is 13.2 Å². The number of hydrogen-bond acceptors (Lipinski definition) is 7. The largest absolute Gasteiger partial charge is 0.481 e. The summed E-state index contributed by atoms with van der Waals surface area (Å²) < 4.78 is 17.1. The smallest absolute Gasteiger partial charge is 0.305 e. The lowest BCUT2D eigenvalue weighted by Crippen LogP contribution is -2.46. The van der Waals surface area contributed by atoms with Gasteiger partial charge in [-0.1, -0.05) is 51.4 Å². The van der Waals surface area contributed by atoms with Gasteiger partial charge in [-0.2, -0.15) is 0 Å². The van der Waals surface area contributed by atoms with Crippen LogP contribution in [0.3, 0.4) is 0 Å². The molecule has 0 rings (SSSR count). The molecule has 0 bridgehead atoms. The summed E-state index contributed by atoms with van der Waals surface area (Å²) in [7, 11) is -4.68. The molecule has 0 aliphatic carbocycles. The molecule has 216 valence electrons. The number of carboxylic acids is 2. The maximum atomic E-state index is 12.3. The van der Waals surface area contributed by atoms with Gasteiger partial charge in [0, 0.05) is 12.8 Å². The fraction of sp³-hybridized carbons (Fsp3) is 0.846. The summed E-state index contributed by atoms with van der Waals surface area (Å²) in [6, 6.07) is 0.500. The van der Waals surface area contributed by atoms with Crippen molar-refractivity contribution in [1.82, 2.24) is 0 Å². The van der Waals surface area contributed by atoms with Crippen molar-refractivity contribution in [3.05, 3.63) is 0 Å². The molecule has 0 aromatic heterocycles. The Morgan fingerprint density at radius 3 is 1.14 bits per heavy atom. The number of hydrogen-bond donors (Lipinski definition) is 2. The highest BCUT2D eigenvalue weighted by Gasteiger charge is 2.37. The second-order valence-corrected chi connectivity index (χ2v) is 19.5. The summed E-state index contributed by atoms with van der Waals surface area (Å²) >= 11 is 0. The fourth-order valence-electron chi connectivity index (χ4n) is 4.16. The zero-order valence-electron chi connectivity index (χ0n) is 23.5. The van der Waals surface area contributed by atoms with Crippen LogP contribution in [-0.2, 0) is 32.8 Å². The Hall–Kier alpha value is -1.73. The van der Waals surface area contributed by atoms with Gasteiger partial charge in [-0.25, -0.2) is 0 Å². The van der Waals surface area contributed by atoms with E-state index in [9.17, 15) is 19.2 Å². The van der Waals surface area contributed by atoms with Gasteiger partial charge >= 0.3 is 23.9 Å². The molecule has 9 nitrogen and oxygen atoms in total. The minimum atomic E-state index is -2.34. The normalized spacial score (nSPS) is 11.8. The fourth-order valence-corrected chi connectivity index (χ4v) is 12.3. The predicted molar refractivity (Wildman–Crippen MR) is 147 cm³/mol. The van der Waals surface area contributed by atoms with Crippen LogP contribution in [-0.4, -0.2) is 63.9 Å². The first-order chi connectivity index (χ1) is 17.3. The Labute approximate surface area is 224 Å².